The van der Waals surface area contributed by atoms with Crippen molar-refractivity contribution in [2.75, 3.05) is 5.32 Å². The monoisotopic (exact) mass is 334 g/mol. The summed E-state index contributed by atoms with van der Waals surface area (Å²) in [5.41, 5.74) is 4.01. The minimum absolute atomic E-state index is 0.118. The molecule has 2 aromatic carbocycles. The van der Waals surface area contributed by atoms with E-state index in [1.54, 1.807) is 12.1 Å². The van der Waals surface area contributed by atoms with Crippen molar-refractivity contribution in [3.8, 4) is 0 Å². The van der Waals surface area contributed by atoms with E-state index >= 15 is 0 Å². The van der Waals surface area contributed by atoms with Crippen LogP contribution in [0.2, 0.25) is 0 Å². The van der Waals surface area contributed by atoms with Gasteiger partial charge in [0.1, 0.15) is 0 Å². The molecule has 4 aliphatic carbocycles. The first-order chi connectivity index (χ1) is 12.1. The van der Waals surface area contributed by atoms with E-state index in [0.29, 0.717) is 5.41 Å². The molecule has 0 saturated heterocycles. The Bertz CT molecular complexity index is 799. The SMILES string of the molecule is O=[N+]([O-])c1ccc(Nc2ccc(C34CC5CC(CC3C5)C4)cc2)cc1. The number of benzene rings is 2. The summed E-state index contributed by atoms with van der Waals surface area (Å²) in [6, 6.07) is 15.5. The first-order valence-electron chi connectivity index (χ1n) is 9.24. The van der Waals surface area contributed by atoms with Crippen molar-refractivity contribution < 1.29 is 4.92 Å². The minimum Gasteiger partial charge on any atom is -0.356 e. The Morgan fingerprint density at radius 2 is 1.44 bits per heavy atom. The zero-order valence-electron chi connectivity index (χ0n) is 14.2. The third-order valence-electron chi connectivity index (χ3n) is 6.82. The topological polar surface area (TPSA) is 55.2 Å². The number of nitro groups is 1. The van der Waals surface area contributed by atoms with Gasteiger partial charge in [-0.2, -0.15) is 0 Å². The molecule has 4 bridgehead atoms. The predicted octanol–water partition coefficient (Wildman–Crippen LogP) is 5.42. The number of nitrogens with zero attached hydrogens (tertiary/aromatic N) is 1. The second-order valence-electron chi connectivity index (χ2n) is 8.21. The Morgan fingerprint density at radius 1 is 0.880 bits per heavy atom. The van der Waals surface area contributed by atoms with E-state index in [-0.39, 0.29) is 10.6 Å². The average Bonchev–Trinajstić information content (AvgIpc) is 3.01. The molecule has 0 radical (unpaired) electrons. The highest BCUT2D eigenvalue weighted by molar-refractivity contribution is 5.61. The first kappa shape index (κ1) is 14.9. The fourth-order valence-electron chi connectivity index (χ4n) is 5.99. The fourth-order valence-corrected chi connectivity index (χ4v) is 5.99. The standard InChI is InChI=1S/C21H22N2O2/c24-23(25)20-7-5-19(6-8-20)22-18-3-1-16(2-4-18)21-12-14-9-15(13-21)11-17(21)10-14/h1-8,14-15,17,22H,9-13H2. The molecule has 2 unspecified atom stereocenters. The Morgan fingerprint density at radius 3 is 2.00 bits per heavy atom. The molecular formula is C21H22N2O2. The second kappa shape index (κ2) is 5.32. The van der Waals surface area contributed by atoms with Crippen molar-refractivity contribution in [1.29, 1.82) is 0 Å². The maximum absolute atomic E-state index is 10.7. The van der Waals surface area contributed by atoms with Crippen LogP contribution in [0.4, 0.5) is 17.1 Å². The molecule has 4 aliphatic rings. The van der Waals surface area contributed by atoms with Gasteiger partial charge < -0.3 is 5.32 Å². The summed E-state index contributed by atoms with van der Waals surface area (Å²) < 4.78 is 0. The third-order valence-corrected chi connectivity index (χ3v) is 6.82. The molecule has 4 saturated carbocycles. The van der Waals surface area contributed by atoms with Crippen molar-refractivity contribution in [2.45, 2.75) is 37.5 Å². The molecule has 4 nitrogen and oxygen atoms in total. The summed E-state index contributed by atoms with van der Waals surface area (Å²) in [7, 11) is 0. The molecule has 0 heterocycles. The molecule has 6 rings (SSSR count). The maximum atomic E-state index is 10.7. The van der Waals surface area contributed by atoms with E-state index in [9.17, 15) is 10.1 Å². The van der Waals surface area contributed by atoms with Crippen molar-refractivity contribution in [1.82, 2.24) is 0 Å². The zero-order chi connectivity index (χ0) is 17.0. The van der Waals surface area contributed by atoms with Gasteiger partial charge in [0.15, 0.2) is 0 Å². The molecule has 2 aromatic rings. The number of hydrogen-bond acceptors (Lipinski definition) is 3. The van der Waals surface area contributed by atoms with Crippen LogP contribution in [0.3, 0.4) is 0 Å². The highest BCUT2D eigenvalue weighted by Gasteiger charge is 2.58. The zero-order valence-corrected chi connectivity index (χ0v) is 14.2. The highest BCUT2D eigenvalue weighted by atomic mass is 16.6. The summed E-state index contributed by atoms with van der Waals surface area (Å²) in [5.74, 6) is 2.84. The van der Waals surface area contributed by atoms with Crippen molar-refractivity contribution >= 4 is 17.1 Å². The lowest BCUT2D eigenvalue weighted by atomic mass is 9.71. The summed E-state index contributed by atoms with van der Waals surface area (Å²) in [4.78, 5) is 10.4. The Balaban J connectivity index is 1.35. The van der Waals surface area contributed by atoms with Crippen LogP contribution in [0.1, 0.15) is 37.7 Å². The van der Waals surface area contributed by atoms with Crippen LogP contribution < -0.4 is 5.32 Å². The maximum Gasteiger partial charge on any atom is 0.269 e. The van der Waals surface area contributed by atoms with E-state index in [4.69, 9.17) is 0 Å². The molecule has 0 amide bonds. The molecule has 128 valence electrons. The number of non-ortho nitro benzene ring substituents is 1. The second-order valence-corrected chi connectivity index (χ2v) is 8.21. The molecule has 4 heteroatoms. The number of rotatable bonds is 4. The van der Waals surface area contributed by atoms with Crippen molar-refractivity contribution in [3.05, 3.63) is 64.2 Å². The molecule has 0 spiro atoms. The molecule has 4 fully saturated rings. The number of anilines is 2. The van der Waals surface area contributed by atoms with E-state index < -0.39 is 0 Å². The van der Waals surface area contributed by atoms with Gasteiger partial charge in [0.25, 0.3) is 5.69 Å². The Hall–Kier alpha value is -2.36. The highest BCUT2D eigenvalue weighted by Crippen LogP contribution is 2.65. The summed E-state index contributed by atoms with van der Waals surface area (Å²) in [5, 5.41) is 14.1. The predicted molar refractivity (Wildman–Crippen MR) is 98.1 cm³/mol. The summed E-state index contributed by atoms with van der Waals surface area (Å²) in [6.07, 6.45) is 7.14. The average molecular weight is 334 g/mol. The normalized spacial score (nSPS) is 32.1. The lowest BCUT2D eigenvalue weighted by Crippen LogP contribution is -2.27. The lowest BCUT2D eigenvalue weighted by Gasteiger charge is -2.33. The molecule has 0 aliphatic heterocycles. The van der Waals surface area contributed by atoms with Gasteiger partial charge in [0.2, 0.25) is 0 Å². The van der Waals surface area contributed by atoms with Gasteiger partial charge >= 0.3 is 0 Å². The summed E-state index contributed by atoms with van der Waals surface area (Å²) >= 11 is 0. The van der Waals surface area contributed by atoms with Crippen LogP contribution >= 0.6 is 0 Å². The quantitative estimate of drug-likeness (QED) is 0.600. The molecular weight excluding hydrogens is 312 g/mol. The van der Waals surface area contributed by atoms with Gasteiger partial charge in [-0.05, 0) is 85.1 Å². The van der Waals surface area contributed by atoms with Crippen LogP contribution in [0.5, 0.6) is 0 Å². The smallest absolute Gasteiger partial charge is 0.269 e. The van der Waals surface area contributed by atoms with Crippen LogP contribution in [0, 0.1) is 27.9 Å². The largest absolute Gasteiger partial charge is 0.356 e. The van der Waals surface area contributed by atoms with Gasteiger partial charge in [0.05, 0.1) is 4.92 Å². The van der Waals surface area contributed by atoms with Crippen LogP contribution in [0.15, 0.2) is 48.5 Å². The lowest BCUT2D eigenvalue weighted by molar-refractivity contribution is -0.384. The fraction of sp³-hybridized carbons (Fsp3) is 0.429. The van der Waals surface area contributed by atoms with E-state index in [0.717, 1.165) is 29.1 Å². The van der Waals surface area contributed by atoms with Gasteiger partial charge in [-0.3, -0.25) is 10.1 Å². The van der Waals surface area contributed by atoms with Gasteiger partial charge in [-0.1, -0.05) is 12.1 Å². The minimum atomic E-state index is -0.373. The van der Waals surface area contributed by atoms with E-state index in [1.807, 2.05) is 0 Å². The van der Waals surface area contributed by atoms with Crippen LogP contribution in [0.25, 0.3) is 0 Å². The van der Waals surface area contributed by atoms with Crippen molar-refractivity contribution in [2.24, 2.45) is 17.8 Å². The first-order valence-corrected chi connectivity index (χ1v) is 9.24. The molecule has 25 heavy (non-hydrogen) atoms. The van der Waals surface area contributed by atoms with Gasteiger partial charge in [-0.25, -0.2) is 0 Å². The Labute approximate surface area is 147 Å². The Kier molecular flexibility index (Phi) is 3.18. The molecule has 0 aromatic heterocycles. The van der Waals surface area contributed by atoms with Gasteiger partial charge in [0, 0.05) is 23.5 Å². The number of nitro benzene ring substituents is 1. The van der Waals surface area contributed by atoms with E-state index in [2.05, 4.69) is 29.6 Å². The van der Waals surface area contributed by atoms with Crippen LogP contribution in [-0.2, 0) is 5.41 Å². The van der Waals surface area contributed by atoms with Crippen molar-refractivity contribution in [3.63, 3.8) is 0 Å². The van der Waals surface area contributed by atoms with Crippen LogP contribution in [-0.4, -0.2) is 4.92 Å². The number of nitrogens with one attached hydrogen (secondary N) is 1. The summed E-state index contributed by atoms with van der Waals surface area (Å²) in [6.45, 7) is 0. The molecule has 2 atom stereocenters. The third kappa shape index (κ3) is 2.35. The molecule has 1 N–H and O–H groups in total. The van der Waals surface area contributed by atoms with Gasteiger partial charge in [-0.15, -0.1) is 0 Å². The number of hydrogen-bond donors (Lipinski definition) is 1. The van der Waals surface area contributed by atoms with E-state index in [1.165, 1.54) is 49.8 Å².